The molecule has 0 radical (unpaired) electrons. The lowest BCUT2D eigenvalue weighted by atomic mass is 9.99. The number of nitrogens with two attached hydrogens (primary N) is 1. The molecule has 0 spiro atoms. The van der Waals surface area contributed by atoms with Gasteiger partial charge in [-0.15, -0.1) is 11.8 Å². The van der Waals surface area contributed by atoms with Gasteiger partial charge in [0.15, 0.2) is 0 Å². The summed E-state index contributed by atoms with van der Waals surface area (Å²) < 4.78 is 0. The van der Waals surface area contributed by atoms with Crippen molar-refractivity contribution in [2.24, 2.45) is 5.73 Å². The molecule has 3 N–H and O–H groups in total. The molecule has 2 unspecified atom stereocenters. The Balaban J connectivity index is 2.55. The molecule has 4 heteroatoms. The first-order chi connectivity index (χ1) is 7.43. The van der Waals surface area contributed by atoms with Gasteiger partial charge in [0.2, 0.25) is 0 Å². The summed E-state index contributed by atoms with van der Waals surface area (Å²) in [6.07, 6.45) is 0.765. The smallest absolute Gasteiger partial charge is 0.0608 e. The van der Waals surface area contributed by atoms with E-state index in [1.165, 1.54) is 0 Å². The van der Waals surface area contributed by atoms with Crippen molar-refractivity contribution in [2.45, 2.75) is 36.0 Å². The Labute approximate surface area is 106 Å². The minimum atomic E-state index is -0.509. The number of benzene rings is 1. The molecule has 1 aromatic rings. The molecule has 0 aliphatic rings. The van der Waals surface area contributed by atoms with E-state index in [2.05, 4.69) is 6.92 Å². The summed E-state index contributed by atoms with van der Waals surface area (Å²) in [5, 5.41) is 10.2. The van der Waals surface area contributed by atoms with E-state index in [4.69, 9.17) is 22.4 Å². The number of aliphatic hydroxyl groups is 1. The van der Waals surface area contributed by atoms with Gasteiger partial charge in [0.05, 0.1) is 6.61 Å². The van der Waals surface area contributed by atoms with Crippen molar-refractivity contribution < 1.29 is 5.11 Å². The highest BCUT2D eigenvalue weighted by atomic mass is 35.5. The van der Waals surface area contributed by atoms with E-state index in [0.717, 1.165) is 16.3 Å². The first kappa shape index (κ1) is 13.8. The van der Waals surface area contributed by atoms with Crippen molar-refractivity contribution in [3.63, 3.8) is 0 Å². The number of hydrogen-bond donors (Lipinski definition) is 2. The van der Waals surface area contributed by atoms with Gasteiger partial charge in [-0.1, -0.05) is 24.6 Å². The normalized spacial score (nSPS) is 16.8. The van der Waals surface area contributed by atoms with Gasteiger partial charge in [-0.3, -0.25) is 0 Å². The number of halogens is 1. The van der Waals surface area contributed by atoms with Gasteiger partial charge in [-0.2, -0.15) is 0 Å². The van der Waals surface area contributed by atoms with Gasteiger partial charge in [0, 0.05) is 20.7 Å². The Morgan fingerprint density at radius 1 is 1.56 bits per heavy atom. The van der Waals surface area contributed by atoms with Crippen LogP contribution in [0.3, 0.4) is 0 Å². The molecule has 0 aliphatic heterocycles. The summed E-state index contributed by atoms with van der Waals surface area (Å²) in [6, 6.07) is 7.76. The lowest BCUT2D eigenvalue weighted by molar-refractivity contribution is 0.201. The van der Waals surface area contributed by atoms with Crippen LogP contribution < -0.4 is 5.73 Å². The third-order valence-corrected chi connectivity index (χ3v) is 3.58. The van der Waals surface area contributed by atoms with Crippen LogP contribution in [-0.2, 0) is 0 Å². The van der Waals surface area contributed by atoms with Crippen molar-refractivity contribution in [3.05, 3.63) is 29.3 Å². The number of hydrogen-bond acceptors (Lipinski definition) is 3. The van der Waals surface area contributed by atoms with E-state index < -0.39 is 5.54 Å². The predicted molar refractivity (Wildman–Crippen MR) is 71.1 cm³/mol. The lowest BCUT2D eigenvalue weighted by Crippen LogP contribution is -2.42. The van der Waals surface area contributed by atoms with Crippen molar-refractivity contribution in [1.29, 1.82) is 0 Å². The minimum Gasteiger partial charge on any atom is -0.394 e. The van der Waals surface area contributed by atoms with Gasteiger partial charge in [0.25, 0.3) is 0 Å². The number of thioether (sulfide) groups is 1. The van der Waals surface area contributed by atoms with E-state index in [9.17, 15) is 0 Å². The Morgan fingerprint density at radius 3 is 2.81 bits per heavy atom. The average Bonchev–Trinajstić information content (AvgIpc) is 2.16. The summed E-state index contributed by atoms with van der Waals surface area (Å²) in [6.45, 7) is 3.97. The summed E-state index contributed by atoms with van der Waals surface area (Å²) in [4.78, 5) is 1.13. The molecule has 0 amide bonds. The fraction of sp³-hybridized carbons (Fsp3) is 0.500. The molecule has 0 heterocycles. The Bertz CT molecular complexity index is 344. The van der Waals surface area contributed by atoms with Crippen LogP contribution in [0.1, 0.15) is 20.3 Å². The highest BCUT2D eigenvalue weighted by Gasteiger charge is 2.21. The first-order valence-corrected chi connectivity index (χ1v) is 6.51. The van der Waals surface area contributed by atoms with Gasteiger partial charge in [-0.25, -0.2) is 0 Å². The molecule has 90 valence electrons. The van der Waals surface area contributed by atoms with Crippen LogP contribution in [-0.4, -0.2) is 22.5 Å². The molecule has 2 atom stereocenters. The molecule has 1 rings (SSSR count). The minimum absolute atomic E-state index is 0.00739. The van der Waals surface area contributed by atoms with Crippen LogP contribution in [0.15, 0.2) is 29.2 Å². The molecule has 0 saturated carbocycles. The van der Waals surface area contributed by atoms with E-state index in [1.54, 1.807) is 11.8 Å². The van der Waals surface area contributed by atoms with E-state index >= 15 is 0 Å². The third kappa shape index (κ3) is 4.74. The fourth-order valence-corrected chi connectivity index (χ4v) is 3.07. The molecule has 0 bridgehead atoms. The monoisotopic (exact) mass is 259 g/mol. The van der Waals surface area contributed by atoms with Gasteiger partial charge in [0.1, 0.15) is 0 Å². The highest BCUT2D eigenvalue weighted by molar-refractivity contribution is 7.99. The van der Waals surface area contributed by atoms with Crippen molar-refractivity contribution >= 4 is 23.4 Å². The maximum Gasteiger partial charge on any atom is 0.0608 e. The molecular formula is C12H18ClNOS. The van der Waals surface area contributed by atoms with Crippen LogP contribution in [0.4, 0.5) is 0 Å². The topological polar surface area (TPSA) is 46.2 Å². The van der Waals surface area contributed by atoms with Crippen molar-refractivity contribution in [3.8, 4) is 0 Å². The second-order valence-corrected chi connectivity index (χ2v) is 6.35. The van der Waals surface area contributed by atoms with E-state index in [0.29, 0.717) is 5.25 Å². The lowest BCUT2D eigenvalue weighted by Gasteiger charge is -2.25. The van der Waals surface area contributed by atoms with Crippen LogP contribution in [0.5, 0.6) is 0 Å². The fourth-order valence-electron chi connectivity index (χ4n) is 1.54. The summed E-state index contributed by atoms with van der Waals surface area (Å²) in [7, 11) is 0. The van der Waals surface area contributed by atoms with Crippen LogP contribution in [0.25, 0.3) is 0 Å². The second kappa shape index (κ2) is 5.92. The Kier molecular flexibility index (Phi) is 5.12. The molecule has 0 aromatic heterocycles. The SMILES string of the molecule is CC(CC(C)(N)CO)Sc1cccc(Cl)c1. The summed E-state index contributed by atoms with van der Waals surface area (Å²) in [5.74, 6) is 0. The quantitative estimate of drug-likeness (QED) is 0.800. The van der Waals surface area contributed by atoms with E-state index in [1.807, 2.05) is 31.2 Å². The third-order valence-electron chi connectivity index (χ3n) is 2.25. The summed E-state index contributed by atoms with van der Waals surface area (Å²) in [5.41, 5.74) is 5.40. The largest absolute Gasteiger partial charge is 0.394 e. The number of aliphatic hydroxyl groups excluding tert-OH is 1. The number of rotatable bonds is 5. The highest BCUT2D eigenvalue weighted by Crippen LogP contribution is 2.29. The van der Waals surface area contributed by atoms with Crippen molar-refractivity contribution in [1.82, 2.24) is 0 Å². The van der Waals surface area contributed by atoms with E-state index in [-0.39, 0.29) is 6.61 Å². The summed E-state index contributed by atoms with van der Waals surface area (Å²) >= 11 is 7.64. The Morgan fingerprint density at radius 2 is 2.25 bits per heavy atom. The van der Waals surface area contributed by atoms with Gasteiger partial charge < -0.3 is 10.8 Å². The first-order valence-electron chi connectivity index (χ1n) is 5.25. The predicted octanol–water partition coefficient (Wildman–Crippen LogP) is 2.92. The van der Waals surface area contributed by atoms with Crippen LogP contribution in [0, 0.1) is 0 Å². The van der Waals surface area contributed by atoms with Gasteiger partial charge >= 0.3 is 0 Å². The molecular weight excluding hydrogens is 242 g/mol. The van der Waals surface area contributed by atoms with Crippen LogP contribution >= 0.6 is 23.4 Å². The zero-order chi connectivity index (χ0) is 12.2. The Hall–Kier alpha value is -0.220. The molecule has 16 heavy (non-hydrogen) atoms. The molecule has 2 nitrogen and oxygen atoms in total. The van der Waals surface area contributed by atoms with Crippen LogP contribution in [0.2, 0.25) is 5.02 Å². The molecule has 0 saturated heterocycles. The molecule has 1 aromatic carbocycles. The zero-order valence-corrected chi connectivity index (χ0v) is 11.2. The standard InChI is InChI=1S/C12H18ClNOS/c1-9(7-12(2,14)8-15)16-11-5-3-4-10(13)6-11/h3-6,9,15H,7-8,14H2,1-2H3. The second-order valence-electron chi connectivity index (χ2n) is 4.40. The van der Waals surface area contributed by atoms with Gasteiger partial charge in [-0.05, 0) is 31.5 Å². The van der Waals surface area contributed by atoms with Crippen molar-refractivity contribution in [2.75, 3.05) is 6.61 Å². The molecule has 0 aliphatic carbocycles. The zero-order valence-electron chi connectivity index (χ0n) is 9.61. The maximum absolute atomic E-state index is 9.10. The average molecular weight is 260 g/mol. The molecule has 0 fully saturated rings. The maximum atomic E-state index is 9.10.